The van der Waals surface area contributed by atoms with Gasteiger partial charge >= 0.3 is 6.03 Å². The second-order valence-corrected chi connectivity index (χ2v) is 8.17. The van der Waals surface area contributed by atoms with Crippen molar-refractivity contribution >= 4 is 23.5 Å². The van der Waals surface area contributed by atoms with Crippen LogP contribution in [0.2, 0.25) is 0 Å². The molecule has 0 aromatic heterocycles. The molecule has 1 aromatic rings. The number of hydrogen-bond acceptors (Lipinski definition) is 4. The van der Waals surface area contributed by atoms with E-state index in [0.717, 1.165) is 42.5 Å². The number of likely N-dealkylation sites (tertiary alicyclic amines) is 1. The molecule has 0 aliphatic carbocycles. The predicted octanol–water partition coefficient (Wildman–Crippen LogP) is 3.91. The van der Waals surface area contributed by atoms with E-state index in [1.807, 2.05) is 43.0 Å². The molecule has 0 saturated carbocycles. The lowest BCUT2D eigenvalue weighted by Crippen LogP contribution is -2.50. The highest BCUT2D eigenvalue weighted by Crippen LogP contribution is 2.21. The van der Waals surface area contributed by atoms with Gasteiger partial charge in [-0.25, -0.2) is 4.79 Å². The molecule has 2 aliphatic heterocycles. The number of rotatable bonds is 5. The molecule has 26 heavy (non-hydrogen) atoms. The number of anilines is 1. The van der Waals surface area contributed by atoms with Crippen LogP contribution in [0.25, 0.3) is 0 Å². The normalized spacial score (nSPS) is 21.9. The third kappa shape index (κ3) is 5.55. The first-order valence-electron chi connectivity index (χ1n) is 9.87. The van der Waals surface area contributed by atoms with Crippen LogP contribution in [-0.2, 0) is 0 Å². The van der Waals surface area contributed by atoms with E-state index in [-0.39, 0.29) is 6.03 Å². The number of benzene rings is 1. The third-order valence-corrected chi connectivity index (χ3v) is 6.23. The fraction of sp³-hybridized carbons (Fsp3) is 0.650. The fourth-order valence-electron chi connectivity index (χ4n) is 3.68. The summed E-state index contributed by atoms with van der Waals surface area (Å²) in [5.74, 6) is 3.01. The Bertz CT molecular complexity index is 561. The van der Waals surface area contributed by atoms with Gasteiger partial charge in [-0.3, -0.25) is 0 Å². The molecule has 1 unspecified atom stereocenters. The van der Waals surface area contributed by atoms with Crippen LogP contribution in [0, 0.1) is 0 Å². The van der Waals surface area contributed by atoms with Crippen molar-refractivity contribution in [1.29, 1.82) is 0 Å². The standard InChI is InChI=1S/C20H31N3O2S/c1-2-25-19-9-7-17(8-10-19)21-20(24)23-13-6-14-26-16-18(23)15-22-11-4-3-5-12-22/h7-10,18H,2-6,11-16H2,1H3,(H,21,24). The van der Waals surface area contributed by atoms with Gasteiger partial charge in [-0.05, 0) is 69.3 Å². The quantitative estimate of drug-likeness (QED) is 0.845. The minimum Gasteiger partial charge on any atom is -0.494 e. The van der Waals surface area contributed by atoms with E-state index in [1.165, 1.54) is 32.4 Å². The van der Waals surface area contributed by atoms with Gasteiger partial charge in [-0.1, -0.05) is 6.42 Å². The number of ether oxygens (including phenoxy) is 1. The Morgan fingerprint density at radius 3 is 2.65 bits per heavy atom. The van der Waals surface area contributed by atoms with Crippen molar-refractivity contribution in [2.75, 3.05) is 49.6 Å². The van der Waals surface area contributed by atoms with Gasteiger partial charge in [-0.2, -0.15) is 11.8 Å². The zero-order valence-electron chi connectivity index (χ0n) is 15.8. The molecule has 0 radical (unpaired) electrons. The number of thioether (sulfide) groups is 1. The molecule has 2 fully saturated rings. The zero-order valence-corrected chi connectivity index (χ0v) is 16.6. The first-order valence-corrected chi connectivity index (χ1v) is 11.0. The van der Waals surface area contributed by atoms with Crippen molar-refractivity contribution < 1.29 is 9.53 Å². The van der Waals surface area contributed by atoms with E-state index < -0.39 is 0 Å². The molecule has 1 aromatic carbocycles. The van der Waals surface area contributed by atoms with Crippen molar-refractivity contribution in [1.82, 2.24) is 9.80 Å². The number of carbonyl (C=O) groups excluding carboxylic acids is 1. The average Bonchev–Trinajstić information content (AvgIpc) is 2.90. The summed E-state index contributed by atoms with van der Waals surface area (Å²) in [6, 6.07) is 7.96. The highest BCUT2D eigenvalue weighted by molar-refractivity contribution is 7.99. The lowest BCUT2D eigenvalue weighted by Gasteiger charge is -2.35. The summed E-state index contributed by atoms with van der Waals surface area (Å²) in [4.78, 5) is 17.5. The smallest absolute Gasteiger partial charge is 0.322 e. The molecular formula is C20H31N3O2S. The number of carbonyl (C=O) groups is 1. The zero-order chi connectivity index (χ0) is 18.2. The number of hydrogen-bond donors (Lipinski definition) is 1. The summed E-state index contributed by atoms with van der Waals surface area (Å²) in [6.45, 7) is 6.81. The number of urea groups is 1. The second kappa shape index (κ2) is 10.1. The van der Waals surface area contributed by atoms with Gasteiger partial charge in [0, 0.05) is 24.5 Å². The summed E-state index contributed by atoms with van der Waals surface area (Å²) >= 11 is 1.98. The van der Waals surface area contributed by atoms with Gasteiger partial charge in [0.2, 0.25) is 0 Å². The molecule has 3 rings (SSSR count). The van der Waals surface area contributed by atoms with Gasteiger partial charge in [0.15, 0.2) is 0 Å². The van der Waals surface area contributed by atoms with E-state index in [0.29, 0.717) is 12.6 Å². The van der Waals surface area contributed by atoms with Crippen molar-refractivity contribution in [2.24, 2.45) is 0 Å². The molecule has 0 bridgehead atoms. The summed E-state index contributed by atoms with van der Waals surface area (Å²) in [6.07, 6.45) is 4.99. The molecule has 0 spiro atoms. The van der Waals surface area contributed by atoms with Crippen molar-refractivity contribution in [3.8, 4) is 5.75 Å². The van der Waals surface area contributed by atoms with Crippen molar-refractivity contribution in [3.63, 3.8) is 0 Å². The van der Waals surface area contributed by atoms with Crippen LogP contribution in [0.5, 0.6) is 5.75 Å². The van der Waals surface area contributed by atoms with E-state index in [4.69, 9.17) is 4.74 Å². The van der Waals surface area contributed by atoms with Crippen LogP contribution in [-0.4, -0.2) is 66.2 Å². The highest BCUT2D eigenvalue weighted by Gasteiger charge is 2.28. The van der Waals surface area contributed by atoms with Crippen LogP contribution in [0.15, 0.2) is 24.3 Å². The molecular weight excluding hydrogens is 346 g/mol. The summed E-state index contributed by atoms with van der Waals surface area (Å²) in [7, 11) is 0. The maximum Gasteiger partial charge on any atom is 0.322 e. The summed E-state index contributed by atoms with van der Waals surface area (Å²) in [5.41, 5.74) is 0.826. The first kappa shape index (κ1) is 19.4. The Labute approximate surface area is 161 Å². The minimum absolute atomic E-state index is 0.0265. The Balaban J connectivity index is 1.61. The predicted molar refractivity (Wildman–Crippen MR) is 109 cm³/mol. The Morgan fingerprint density at radius 2 is 1.92 bits per heavy atom. The maximum absolute atomic E-state index is 12.9. The van der Waals surface area contributed by atoms with Gasteiger partial charge in [-0.15, -0.1) is 0 Å². The average molecular weight is 378 g/mol. The summed E-state index contributed by atoms with van der Waals surface area (Å²) in [5, 5.41) is 3.08. The first-order chi connectivity index (χ1) is 12.8. The summed E-state index contributed by atoms with van der Waals surface area (Å²) < 4.78 is 5.47. The minimum atomic E-state index is 0.0265. The second-order valence-electron chi connectivity index (χ2n) is 7.02. The van der Waals surface area contributed by atoms with Crippen LogP contribution in [0.3, 0.4) is 0 Å². The Hall–Kier alpha value is -1.40. The highest BCUT2D eigenvalue weighted by atomic mass is 32.2. The molecule has 2 heterocycles. The molecule has 1 atom stereocenters. The van der Waals surface area contributed by atoms with Gasteiger partial charge in [0.25, 0.3) is 0 Å². The monoisotopic (exact) mass is 377 g/mol. The van der Waals surface area contributed by atoms with E-state index in [9.17, 15) is 4.79 Å². The topological polar surface area (TPSA) is 44.8 Å². The van der Waals surface area contributed by atoms with Gasteiger partial charge in [0.05, 0.1) is 12.6 Å². The van der Waals surface area contributed by atoms with Gasteiger partial charge < -0.3 is 19.9 Å². The third-order valence-electron chi connectivity index (χ3n) is 5.03. The van der Waals surface area contributed by atoms with Crippen LogP contribution in [0.4, 0.5) is 10.5 Å². The van der Waals surface area contributed by atoms with E-state index in [2.05, 4.69) is 15.1 Å². The molecule has 5 nitrogen and oxygen atoms in total. The number of nitrogens with one attached hydrogen (secondary N) is 1. The molecule has 2 saturated heterocycles. The molecule has 6 heteroatoms. The Kier molecular flexibility index (Phi) is 7.50. The number of piperidine rings is 1. The van der Waals surface area contributed by atoms with Crippen LogP contribution < -0.4 is 10.1 Å². The number of amides is 2. The SMILES string of the molecule is CCOc1ccc(NC(=O)N2CCCSCC2CN2CCCCC2)cc1. The largest absolute Gasteiger partial charge is 0.494 e. The lowest BCUT2D eigenvalue weighted by molar-refractivity contribution is 0.151. The lowest BCUT2D eigenvalue weighted by atomic mass is 10.1. The molecule has 144 valence electrons. The van der Waals surface area contributed by atoms with E-state index >= 15 is 0 Å². The van der Waals surface area contributed by atoms with Gasteiger partial charge in [0.1, 0.15) is 5.75 Å². The maximum atomic E-state index is 12.9. The van der Waals surface area contributed by atoms with Crippen LogP contribution >= 0.6 is 11.8 Å². The Morgan fingerprint density at radius 1 is 1.15 bits per heavy atom. The van der Waals surface area contributed by atoms with Crippen LogP contribution in [0.1, 0.15) is 32.6 Å². The molecule has 1 N–H and O–H groups in total. The van der Waals surface area contributed by atoms with Crippen molar-refractivity contribution in [2.45, 2.75) is 38.6 Å². The number of nitrogens with zero attached hydrogens (tertiary/aromatic N) is 2. The molecule has 2 amide bonds. The fourth-order valence-corrected chi connectivity index (χ4v) is 4.74. The van der Waals surface area contributed by atoms with E-state index in [1.54, 1.807) is 0 Å². The molecule has 2 aliphatic rings. The van der Waals surface area contributed by atoms with Crippen molar-refractivity contribution in [3.05, 3.63) is 24.3 Å².